The van der Waals surface area contributed by atoms with Gasteiger partial charge in [-0.05, 0) is 45.1 Å². The molecule has 1 aliphatic heterocycles. The molecular weight excluding hydrogens is 440 g/mol. The summed E-state index contributed by atoms with van der Waals surface area (Å²) in [7, 11) is 0. The highest BCUT2D eigenvalue weighted by molar-refractivity contribution is 7.80. The summed E-state index contributed by atoms with van der Waals surface area (Å²) < 4.78 is 0. The second-order valence-electron chi connectivity index (χ2n) is 7.73. The van der Waals surface area contributed by atoms with Gasteiger partial charge in [0.05, 0.1) is 6.04 Å². The number of hydrogen-bond donors (Lipinski definition) is 7. The van der Waals surface area contributed by atoms with Crippen LogP contribution in [0.4, 0.5) is 0 Å². The van der Waals surface area contributed by atoms with E-state index < -0.39 is 53.8 Å². The molecule has 0 aliphatic carbocycles. The molecule has 1 saturated heterocycles. The molecule has 182 valence electrons. The number of carbonyl (C=O) groups is 5. The molecule has 9 N–H and O–H groups in total. The molecular formula is C19H34N6O6S. The average molecular weight is 475 g/mol. The molecule has 0 aromatic heterocycles. The molecule has 0 radical (unpaired) electrons. The lowest BCUT2D eigenvalue weighted by molar-refractivity contribution is -0.143. The molecule has 0 spiro atoms. The predicted octanol–water partition coefficient (Wildman–Crippen LogP) is -2.32. The molecule has 1 aliphatic rings. The third-order valence-electron chi connectivity index (χ3n) is 5.23. The van der Waals surface area contributed by atoms with Crippen LogP contribution < -0.4 is 27.8 Å². The number of aliphatic carboxylic acids is 1. The molecule has 0 saturated carbocycles. The number of carbonyl (C=O) groups excluding carboxylic acids is 4. The van der Waals surface area contributed by atoms with Crippen LogP contribution in [0.25, 0.3) is 0 Å². The number of primary amides is 1. The van der Waals surface area contributed by atoms with Crippen LogP contribution in [0.2, 0.25) is 0 Å². The van der Waals surface area contributed by atoms with Gasteiger partial charge in [0.15, 0.2) is 0 Å². The summed E-state index contributed by atoms with van der Waals surface area (Å²) >= 11 is 4.01. The number of carboxylic acids is 1. The molecule has 0 aromatic carbocycles. The van der Waals surface area contributed by atoms with Crippen LogP contribution in [0.5, 0.6) is 0 Å². The molecule has 32 heavy (non-hydrogen) atoms. The Morgan fingerprint density at radius 3 is 2.34 bits per heavy atom. The fourth-order valence-corrected chi connectivity index (χ4v) is 3.60. The van der Waals surface area contributed by atoms with Gasteiger partial charge in [-0.2, -0.15) is 12.6 Å². The molecule has 4 atom stereocenters. The molecule has 1 fully saturated rings. The van der Waals surface area contributed by atoms with Gasteiger partial charge in [-0.3, -0.25) is 19.2 Å². The van der Waals surface area contributed by atoms with E-state index in [2.05, 4.69) is 23.3 Å². The quantitative estimate of drug-likeness (QED) is 0.107. The first-order chi connectivity index (χ1) is 15.1. The molecule has 1 heterocycles. The van der Waals surface area contributed by atoms with Crippen LogP contribution in [0.3, 0.4) is 0 Å². The minimum atomic E-state index is -1.22. The van der Waals surface area contributed by atoms with Crippen molar-refractivity contribution >= 4 is 42.2 Å². The number of unbranched alkanes of at least 4 members (excludes halogenated alkanes) is 1. The Morgan fingerprint density at radius 2 is 1.78 bits per heavy atom. The highest BCUT2D eigenvalue weighted by atomic mass is 32.1. The molecule has 12 nitrogen and oxygen atoms in total. The summed E-state index contributed by atoms with van der Waals surface area (Å²) in [6.07, 6.45) is 1.93. The Morgan fingerprint density at radius 1 is 1.09 bits per heavy atom. The Hall–Kier alpha value is -2.38. The molecule has 1 rings (SSSR count). The minimum Gasteiger partial charge on any atom is -0.480 e. The van der Waals surface area contributed by atoms with Gasteiger partial charge >= 0.3 is 5.97 Å². The lowest BCUT2D eigenvalue weighted by Crippen LogP contribution is -2.56. The van der Waals surface area contributed by atoms with Crippen molar-refractivity contribution in [3.63, 3.8) is 0 Å². The lowest BCUT2D eigenvalue weighted by atomic mass is 10.1. The summed E-state index contributed by atoms with van der Waals surface area (Å²) in [6, 6.07) is -4.04. The standard InChI is InChI=1S/C19H34N6O6S/c20-8-2-1-4-13(19(30)31)24-16(27)12(6-7-15(22)26)23-17(28)14-5-3-9-25(14)18(29)11(21)10-32/h11-14,32H,1-10,20-21H2,(H2,22,26)(H,23,28)(H,24,27)(H,30,31). The number of thiol groups is 1. The Kier molecular flexibility index (Phi) is 12.0. The van der Waals surface area contributed by atoms with Crippen molar-refractivity contribution in [2.24, 2.45) is 17.2 Å². The fourth-order valence-electron chi connectivity index (χ4n) is 3.44. The Labute approximate surface area is 192 Å². The highest BCUT2D eigenvalue weighted by Crippen LogP contribution is 2.19. The Bertz CT molecular complexity index is 693. The first-order valence-electron chi connectivity index (χ1n) is 10.6. The van der Waals surface area contributed by atoms with E-state index in [0.717, 1.165) is 0 Å². The highest BCUT2D eigenvalue weighted by Gasteiger charge is 2.37. The number of carboxylic acid groups (broad SMARTS) is 1. The van der Waals surface area contributed by atoms with E-state index in [0.29, 0.717) is 38.8 Å². The van der Waals surface area contributed by atoms with Crippen molar-refractivity contribution in [2.75, 3.05) is 18.8 Å². The zero-order chi connectivity index (χ0) is 24.3. The molecule has 0 aromatic rings. The van der Waals surface area contributed by atoms with E-state index in [1.54, 1.807) is 0 Å². The third kappa shape index (κ3) is 8.63. The van der Waals surface area contributed by atoms with E-state index in [4.69, 9.17) is 17.2 Å². The monoisotopic (exact) mass is 474 g/mol. The molecule has 13 heteroatoms. The van der Waals surface area contributed by atoms with Crippen LogP contribution in [-0.4, -0.2) is 82.6 Å². The maximum Gasteiger partial charge on any atom is 0.326 e. The number of rotatable bonds is 14. The molecule has 4 unspecified atom stereocenters. The second kappa shape index (κ2) is 13.9. The number of hydrogen-bond acceptors (Lipinski definition) is 8. The zero-order valence-corrected chi connectivity index (χ0v) is 18.9. The zero-order valence-electron chi connectivity index (χ0n) is 18.0. The van der Waals surface area contributed by atoms with Crippen molar-refractivity contribution in [1.29, 1.82) is 0 Å². The van der Waals surface area contributed by atoms with Crippen LogP contribution in [0, 0.1) is 0 Å². The van der Waals surface area contributed by atoms with Crippen molar-refractivity contribution in [2.45, 2.75) is 69.1 Å². The summed E-state index contributed by atoms with van der Waals surface area (Å²) in [4.78, 5) is 62.1. The summed E-state index contributed by atoms with van der Waals surface area (Å²) in [5.41, 5.74) is 16.3. The van der Waals surface area contributed by atoms with Crippen molar-refractivity contribution < 1.29 is 29.1 Å². The van der Waals surface area contributed by atoms with Gasteiger partial charge in [0.25, 0.3) is 0 Å². The van der Waals surface area contributed by atoms with E-state index in [9.17, 15) is 29.1 Å². The topological polar surface area (TPSA) is 211 Å². The maximum absolute atomic E-state index is 12.9. The van der Waals surface area contributed by atoms with Gasteiger partial charge in [-0.15, -0.1) is 0 Å². The number of amides is 4. The van der Waals surface area contributed by atoms with Gasteiger partial charge in [0.2, 0.25) is 23.6 Å². The molecule has 0 bridgehead atoms. The average Bonchev–Trinajstić information content (AvgIpc) is 3.24. The number of nitrogens with two attached hydrogens (primary N) is 3. The third-order valence-corrected chi connectivity index (χ3v) is 5.62. The van der Waals surface area contributed by atoms with E-state index >= 15 is 0 Å². The first kappa shape index (κ1) is 27.7. The van der Waals surface area contributed by atoms with Gasteiger partial charge in [-0.25, -0.2) is 4.79 Å². The van der Waals surface area contributed by atoms with Crippen LogP contribution >= 0.6 is 12.6 Å². The largest absolute Gasteiger partial charge is 0.480 e. The predicted molar refractivity (Wildman–Crippen MR) is 119 cm³/mol. The second-order valence-corrected chi connectivity index (χ2v) is 8.09. The lowest BCUT2D eigenvalue weighted by Gasteiger charge is -2.28. The van der Waals surface area contributed by atoms with Crippen molar-refractivity contribution in [1.82, 2.24) is 15.5 Å². The summed E-state index contributed by atoms with van der Waals surface area (Å²) in [6.45, 7) is 0.740. The van der Waals surface area contributed by atoms with Gasteiger partial charge in [0.1, 0.15) is 18.1 Å². The number of likely N-dealkylation sites (tertiary alicyclic amines) is 1. The van der Waals surface area contributed by atoms with E-state index in [1.165, 1.54) is 4.90 Å². The van der Waals surface area contributed by atoms with Crippen LogP contribution in [0.1, 0.15) is 44.9 Å². The maximum atomic E-state index is 12.9. The normalized spacial score (nSPS) is 18.5. The van der Waals surface area contributed by atoms with Gasteiger partial charge in [0, 0.05) is 18.7 Å². The summed E-state index contributed by atoms with van der Waals surface area (Å²) in [5.74, 6) is -3.52. The summed E-state index contributed by atoms with van der Waals surface area (Å²) in [5, 5.41) is 14.3. The van der Waals surface area contributed by atoms with Gasteiger partial charge in [-0.1, -0.05) is 0 Å². The minimum absolute atomic E-state index is 0.112. The van der Waals surface area contributed by atoms with Crippen molar-refractivity contribution in [3.8, 4) is 0 Å². The fraction of sp³-hybridized carbons (Fsp3) is 0.737. The van der Waals surface area contributed by atoms with Gasteiger partial charge < -0.3 is 37.8 Å². The van der Waals surface area contributed by atoms with Crippen LogP contribution in [0.15, 0.2) is 0 Å². The van der Waals surface area contributed by atoms with Crippen molar-refractivity contribution in [3.05, 3.63) is 0 Å². The van der Waals surface area contributed by atoms with Crippen LogP contribution in [-0.2, 0) is 24.0 Å². The number of nitrogens with one attached hydrogen (secondary N) is 2. The number of nitrogens with zero attached hydrogens (tertiary/aromatic N) is 1. The van der Waals surface area contributed by atoms with E-state index in [1.807, 2.05) is 0 Å². The van der Waals surface area contributed by atoms with E-state index in [-0.39, 0.29) is 25.0 Å². The first-order valence-corrected chi connectivity index (χ1v) is 11.2. The molecule has 4 amide bonds. The smallest absolute Gasteiger partial charge is 0.326 e. The Balaban J connectivity index is 2.89. The SMILES string of the molecule is NCCCCC(NC(=O)C(CCC(N)=O)NC(=O)C1CCCN1C(=O)C(N)CS)C(=O)O.